The average molecular weight is 982 g/mol. The Morgan fingerprint density at radius 1 is 0.474 bits per heavy atom. The molecule has 76 heavy (non-hydrogen) atoms. The molecule has 368 valence electrons. The molecule has 0 N–H and O–H groups in total. The van der Waals surface area contributed by atoms with Crippen molar-refractivity contribution in [1.82, 2.24) is 0 Å². The van der Waals surface area contributed by atoms with E-state index in [9.17, 15) is 0 Å². The fraction of sp³-hybridized carbons (Fsp3) is 0.155. The highest BCUT2D eigenvalue weighted by Gasteiger charge is 2.50. The van der Waals surface area contributed by atoms with Crippen LogP contribution in [0.2, 0.25) is 0 Å². The molecule has 0 bridgehead atoms. The summed E-state index contributed by atoms with van der Waals surface area (Å²) < 4.78 is 7.39. The van der Waals surface area contributed by atoms with Crippen molar-refractivity contribution in [2.24, 2.45) is 0 Å². The van der Waals surface area contributed by atoms with E-state index in [1.807, 2.05) is 0 Å². The molecule has 0 spiro atoms. The van der Waals surface area contributed by atoms with Gasteiger partial charge in [0.1, 0.15) is 5.58 Å². The topological polar surface area (TPSA) is 22.9 Å². The van der Waals surface area contributed by atoms with Gasteiger partial charge in [-0.15, -0.1) is 0 Å². The van der Waals surface area contributed by atoms with E-state index in [-0.39, 0.29) is 23.1 Å². The molecular formula is C71H60BN3O. The maximum Gasteiger partial charge on any atom is 0.333 e. The summed E-state index contributed by atoms with van der Waals surface area (Å²) in [6, 6.07) is 81.4. The van der Waals surface area contributed by atoms with Crippen molar-refractivity contribution in [3.05, 3.63) is 241 Å². The van der Waals surface area contributed by atoms with Crippen LogP contribution >= 0.6 is 0 Å². The lowest BCUT2D eigenvalue weighted by molar-refractivity contribution is 0.590. The van der Waals surface area contributed by atoms with Crippen LogP contribution in [-0.2, 0) is 16.2 Å². The minimum atomic E-state index is -0.305. The van der Waals surface area contributed by atoms with E-state index in [2.05, 4.69) is 288 Å². The van der Waals surface area contributed by atoms with E-state index >= 15 is 0 Å². The van der Waals surface area contributed by atoms with Crippen molar-refractivity contribution in [2.75, 3.05) is 14.6 Å². The minimum Gasteiger partial charge on any atom is -0.454 e. The highest BCUT2D eigenvalue weighted by molar-refractivity contribution is 6.94. The third-order valence-corrected chi connectivity index (χ3v) is 16.7. The summed E-state index contributed by atoms with van der Waals surface area (Å²) in [4.78, 5) is 7.67. The van der Waals surface area contributed by atoms with Crippen molar-refractivity contribution in [2.45, 2.75) is 71.6 Å². The van der Waals surface area contributed by atoms with Crippen LogP contribution in [0, 0.1) is 0 Å². The number of benzene rings is 10. The molecule has 2 aliphatic heterocycles. The first kappa shape index (κ1) is 46.0. The summed E-state index contributed by atoms with van der Waals surface area (Å²) in [5.74, 6) is 0. The Balaban J connectivity index is 1.17. The van der Waals surface area contributed by atoms with Crippen LogP contribution < -0.4 is 25.5 Å². The highest BCUT2D eigenvalue weighted by Crippen LogP contribution is 2.59. The lowest BCUT2D eigenvalue weighted by Crippen LogP contribution is -2.62. The Hall–Kier alpha value is -8.54. The Kier molecular flexibility index (Phi) is 10.1. The molecule has 1 aliphatic carbocycles. The van der Waals surface area contributed by atoms with Crippen molar-refractivity contribution < 1.29 is 4.42 Å². The zero-order chi connectivity index (χ0) is 51.8. The molecule has 0 saturated carbocycles. The van der Waals surface area contributed by atoms with Crippen molar-refractivity contribution >= 4 is 85.2 Å². The number of furan rings is 1. The Bertz CT molecular complexity index is 4070. The molecular weight excluding hydrogens is 922 g/mol. The van der Waals surface area contributed by atoms with Gasteiger partial charge in [0.25, 0.3) is 0 Å². The number of fused-ring (bicyclic) bond motifs is 12. The predicted molar refractivity (Wildman–Crippen MR) is 323 cm³/mol. The smallest absolute Gasteiger partial charge is 0.333 e. The lowest BCUT2D eigenvalue weighted by Gasteiger charge is -2.47. The maximum atomic E-state index is 7.39. The van der Waals surface area contributed by atoms with Crippen LogP contribution in [0.4, 0.5) is 45.5 Å². The fourth-order valence-electron chi connectivity index (χ4n) is 13.0. The van der Waals surface area contributed by atoms with Gasteiger partial charge in [0, 0.05) is 61.4 Å². The van der Waals surface area contributed by atoms with Gasteiger partial charge in [-0.05, 0) is 151 Å². The second-order valence-corrected chi connectivity index (χ2v) is 23.7. The number of rotatable bonds is 6. The summed E-state index contributed by atoms with van der Waals surface area (Å²) >= 11 is 0. The minimum absolute atomic E-state index is 0.0220. The summed E-state index contributed by atoms with van der Waals surface area (Å²) in [6.45, 7) is 18.4. The summed E-state index contributed by atoms with van der Waals surface area (Å²) in [5.41, 5.74) is 25.4. The van der Waals surface area contributed by atoms with Gasteiger partial charge >= 0.3 is 6.85 Å². The Morgan fingerprint density at radius 2 is 1.08 bits per heavy atom. The molecule has 0 radical (unpaired) electrons. The normalized spacial score (nSPS) is 14.1. The summed E-state index contributed by atoms with van der Waals surface area (Å²) in [7, 11) is 0. The first-order valence-corrected chi connectivity index (χ1v) is 27.0. The average Bonchev–Trinajstić information content (AvgIpc) is 4.10. The molecule has 11 aromatic rings. The lowest BCUT2D eigenvalue weighted by atomic mass is 9.43. The van der Waals surface area contributed by atoms with Gasteiger partial charge in [-0.1, -0.05) is 189 Å². The number of hydrogen-bond acceptors (Lipinski definition) is 4. The standard InChI is InChI=1S/C71H60BN3O/c1-69(2,3)46-32-35-50(36-33-46)75-62-41-38-54-52-28-18-20-30-58(52)71(7,8)65(54)64(62)57-44-56-53-29-19-21-31-63(53)76-68(56)67-66(57)72(75)59-43-51(73(48-24-14-10-15-25-48)49-26-16-11-17-27-49)37-40-61(59)74(67)60-39-34-47(70(4,5)6)42-55(60)45-22-12-9-13-23-45/h9-44H,1-8H3. The predicted octanol–water partition coefficient (Wildman–Crippen LogP) is 18.3. The van der Waals surface area contributed by atoms with E-state index in [0.29, 0.717) is 0 Å². The van der Waals surface area contributed by atoms with Gasteiger partial charge < -0.3 is 19.0 Å². The van der Waals surface area contributed by atoms with Gasteiger partial charge in [0.05, 0.1) is 11.4 Å². The van der Waals surface area contributed by atoms with Gasteiger partial charge in [-0.25, -0.2) is 0 Å². The molecule has 3 heterocycles. The number of anilines is 8. The molecule has 1 aromatic heterocycles. The largest absolute Gasteiger partial charge is 0.454 e. The molecule has 0 saturated heterocycles. The van der Waals surface area contributed by atoms with Gasteiger partial charge in [-0.2, -0.15) is 0 Å². The van der Waals surface area contributed by atoms with Crippen molar-refractivity contribution in [1.29, 1.82) is 0 Å². The van der Waals surface area contributed by atoms with E-state index in [0.717, 1.165) is 67.3 Å². The molecule has 14 rings (SSSR count). The SMILES string of the molecule is CC(C)(C)c1ccc(N2B3c4cc(N(c5ccccc5)c5ccccc5)ccc4N(c4ccc(C(C)(C)C)cc4-c4ccccc4)c4c3c(cc3c4oc4ccccc43)-c3c2ccc2c3C(C)(C)c3ccccc3-2)cc1. The molecule has 10 aromatic carbocycles. The molecule has 0 amide bonds. The Morgan fingerprint density at radius 3 is 1.78 bits per heavy atom. The van der Waals surface area contributed by atoms with E-state index in [4.69, 9.17) is 4.42 Å². The van der Waals surface area contributed by atoms with Crippen LogP contribution in [0.3, 0.4) is 0 Å². The van der Waals surface area contributed by atoms with Crippen molar-refractivity contribution in [3.63, 3.8) is 0 Å². The summed E-state index contributed by atoms with van der Waals surface area (Å²) in [6.07, 6.45) is 0. The van der Waals surface area contributed by atoms with Crippen LogP contribution in [0.5, 0.6) is 0 Å². The number of para-hydroxylation sites is 3. The quantitative estimate of drug-likeness (QED) is 0.155. The molecule has 3 aliphatic rings. The van der Waals surface area contributed by atoms with Crippen LogP contribution in [-0.4, -0.2) is 6.85 Å². The van der Waals surface area contributed by atoms with Gasteiger partial charge in [0.15, 0.2) is 5.58 Å². The highest BCUT2D eigenvalue weighted by atomic mass is 16.3. The third kappa shape index (κ3) is 6.91. The third-order valence-electron chi connectivity index (χ3n) is 16.7. The van der Waals surface area contributed by atoms with Crippen molar-refractivity contribution in [3.8, 4) is 33.4 Å². The molecule has 5 heteroatoms. The fourth-order valence-corrected chi connectivity index (χ4v) is 13.0. The van der Waals surface area contributed by atoms with E-state index < -0.39 is 0 Å². The molecule has 0 fully saturated rings. The van der Waals surface area contributed by atoms with E-state index in [1.165, 1.54) is 66.7 Å². The zero-order valence-corrected chi connectivity index (χ0v) is 44.6. The molecule has 0 atom stereocenters. The first-order valence-electron chi connectivity index (χ1n) is 27.0. The Labute approximate surface area is 447 Å². The first-order chi connectivity index (χ1) is 36.8. The molecule has 4 nitrogen and oxygen atoms in total. The maximum absolute atomic E-state index is 7.39. The monoisotopic (exact) mass is 981 g/mol. The van der Waals surface area contributed by atoms with Gasteiger partial charge in [0.2, 0.25) is 0 Å². The molecule has 0 unspecified atom stereocenters. The number of hydrogen-bond donors (Lipinski definition) is 0. The second kappa shape index (κ2) is 16.7. The van der Waals surface area contributed by atoms with Crippen LogP contribution in [0.25, 0.3) is 55.3 Å². The zero-order valence-electron chi connectivity index (χ0n) is 44.6. The second-order valence-electron chi connectivity index (χ2n) is 23.7. The summed E-state index contributed by atoms with van der Waals surface area (Å²) in [5, 5.41) is 2.22. The number of nitrogens with zero attached hydrogens (tertiary/aromatic N) is 3. The van der Waals surface area contributed by atoms with Gasteiger partial charge in [-0.3, -0.25) is 0 Å². The van der Waals surface area contributed by atoms with Crippen LogP contribution in [0.1, 0.15) is 77.6 Å². The van der Waals surface area contributed by atoms with Crippen LogP contribution in [0.15, 0.2) is 223 Å². The van der Waals surface area contributed by atoms with E-state index in [1.54, 1.807) is 0 Å².